The number of unbranched alkanes of at least 4 members (excludes halogenated alkanes) is 1. The van der Waals surface area contributed by atoms with Crippen LogP contribution in [0.4, 0.5) is 0 Å². The van der Waals surface area contributed by atoms with Crippen molar-refractivity contribution in [2.24, 2.45) is 11.3 Å². The molecule has 0 aromatic heterocycles. The van der Waals surface area contributed by atoms with Crippen LogP contribution in [0.2, 0.25) is 0 Å². The maximum absolute atomic E-state index is 6.37. The Bertz CT molecular complexity index is 558. The second-order valence-corrected chi connectivity index (χ2v) is 6.55. The molecule has 4 rings (SSSR count). The average molecular weight is 266 g/mol. The number of epoxide rings is 1. The lowest BCUT2D eigenvalue weighted by Gasteiger charge is -2.26. The van der Waals surface area contributed by atoms with Crippen molar-refractivity contribution in [2.45, 2.75) is 44.3 Å². The number of hydrogen-bond donors (Lipinski definition) is 0. The molecular formula is C19H22O. The lowest BCUT2D eigenvalue weighted by atomic mass is 9.79. The largest absolute Gasteiger partial charge is 0.359 e. The Morgan fingerprint density at radius 3 is 2.85 bits per heavy atom. The fourth-order valence-electron chi connectivity index (χ4n) is 4.42. The summed E-state index contributed by atoms with van der Waals surface area (Å²) in [4.78, 5) is 0. The summed E-state index contributed by atoms with van der Waals surface area (Å²) in [6.07, 6.45) is 14.7. The zero-order valence-electron chi connectivity index (χ0n) is 12.1. The molecule has 4 unspecified atom stereocenters. The van der Waals surface area contributed by atoms with Crippen LogP contribution in [0.15, 0.2) is 54.6 Å². The second kappa shape index (κ2) is 4.33. The standard InChI is InChI=1S/C19H22O/c1-2-3-12-18-13-8-7-11-16(14-18)19(17(18)20-19)15-9-5-4-6-10-15/h4-11,13,16-17H,2-3,12,14H2,1H3. The van der Waals surface area contributed by atoms with Gasteiger partial charge in [0.05, 0.1) is 0 Å². The van der Waals surface area contributed by atoms with Gasteiger partial charge in [-0.25, -0.2) is 0 Å². The maximum Gasteiger partial charge on any atom is 0.127 e. The SMILES string of the molecule is CCCCC12C=CC=CC(C1)C1(c3ccccc3)OC21. The number of allylic oxidation sites excluding steroid dienone is 2. The Balaban J connectivity index is 1.73. The van der Waals surface area contributed by atoms with Crippen molar-refractivity contribution in [3.63, 3.8) is 0 Å². The normalized spacial score (nSPS) is 40.5. The van der Waals surface area contributed by atoms with E-state index in [1.165, 1.54) is 31.2 Å². The van der Waals surface area contributed by atoms with Gasteiger partial charge in [-0.1, -0.05) is 74.4 Å². The molecule has 3 aliphatic rings. The molecule has 0 amide bonds. The van der Waals surface area contributed by atoms with Gasteiger partial charge in [0, 0.05) is 11.3 Å². The number of hydrogen-bond acceptors (Lipinski definition) is 1. The summed E-state index contributed by atoms with van der Waals surface area (Å²) in [5.74, 6) is 0.529. The third kappa shape index (κ3) is 1.53. The predicted molar refractivity (Wildman–Crippen MR) is 81.3 cm³/mol. The van der Waals surface area contributed by atoms with Gasteiger partial charge in [0.1, 0.15) is 11.7 Å². The van der Waals surface area contributed by atoms with Crippen LogP contribution in [0.25, 0.3) is 0 Å². The van der Waals surface area contributed by atoms with Gasteiger partial charge in [0.2, 0.25) is 0 Å². The highest BCUT2D eigenvalue weighted by molar-refractivity contribution is 5.41. The van der Waals surface area contributed by atoms with Crippen molar-refractivity contribution < 1.29 is 4.74 Å². The molecule has 1 nitrogen and oxygen atoms in total. The number of rotatable bonds is 4. The molecule has 1 aromatic rings. The van der Waals surface area contributed by atoms with E-state index in [4.69, 9.17) is 4.74 Å². The van der Waals surface area contributed by atoms with Crippen molar-refractivity contribution in [1.82, 2.24) is 0 Å². The number of fused-ring (bicyclic) bond motifs is 5. The van der Waals surface area contributed by atoms with Gasteiger partial charge in [-0.15, -0.1) is 0 Å². The average Bonchev–Trinajstić information content (AvgIpc) is 3.21. The Morgan fingerprint density at radius 2 is 2.05 bits per heavy atom. The smallest absolute Gasteiger partial charge is 0.127 e. The molecule has 1 heteroatoms. The molecule has 0 spiro atoms. The third-order valence-corrected chi connectivity index (χ3v) is 5.42. The zero-order chi connectivity index (χ0) is 13.6. The minimum atomic E-state index is -0.0315. The van der Waals surface area contributed by atoms with Crippen LogP contribution < -0.4 is 0 Å². The molecule has 2 bridgehead atoms. The van der Waals surface area contributed by atoms with Crippen molar-refractivity contribution in [1.29, 1.82) is 0 Å². The van der Waals surface area contributed by atoms with E-state index in [0.717, 1.165) is 0 Å². The molecule has 104 valence electrons. The van der Waals surface area contributed by atoms with Gasteiger partial charge in [0.15, 0.2) is 0 Å². The highest BCUT2D eigenvalue weighted by Gasteiger charge is 2.74. The molecule has 1 aliphatic heterocycles. The van der Waals surface area contributed by atoms with Gasteiger partial charge < -0.3 is 4.74 Å². The first-order chi connectivity index (χ1) is 9.82. The minimum absolute atomic E-state index is 0.0315. The molecule has 0 N–H and O–H groups in total. The summed E-state index contributed by atoms with van der Waals surface area (Å²) in [5, 5.41) is 0. The number of benzene rings is 1. The lowest BCUT2D eigenvalue weighted by Crippen LogP contribution is -2.22. The summed E-state index contributed by atoms with van der Waals surface area (Å²) in [6, 6.07) is 10.8. The monoisotopic (exact) mass is 266 g/mol. The van der Waals surface area contributed by atoms with E-state index in [0.29, 0.717) is 12.0 Å². The maximum atomic E-state index is 6.37. The predicted octanol–water partition coefficient (Wildman–Crippen LogP) is 4.60. The van der Waals surface area contributed by atoms with E-state index in [2.05, 4.69) is 61.6 Å². The van der Waals surface area contributed by atoms with Gasteiger partial charge >= 0.3 is 0 Å². The topological polar surface area (TPSA) is 12.5 Å². The molecule has 1 saturated carbocycles. The molecule has 1 aromatic carbocycles. The highest BCUT2D eigenvalue weighted by atomic mass is 16.6. The van der Waals surface area contributed by atoms with E-state index in [-0.39, 0.29) is 11.0 Å². The first kappa shape index (κ1) is 12.4. The first-order valence-corrected chi connectivity index (χ1v) is 7.91. The fourth-order valence-corrected chi connectivity index (χ4v) is 4.42. The Kier molecular flexibility index (Phi) is 2.68. The quantitative estimate of drug-likeness (QED) is 0.725. The Hall–Kier alpha value is -1.34. The Labute approximate surface area is 121 Å². The molecule has 2 fully saturated rings. The Morgan fingerprint density at radius 1 is 1.20 bits per heavy atom. The summed E-state index contributed by atoms with van der Waals surface area (Å²) in [7, 11) is 0. The summed E-state index contributed by atoms with van der Waals surface area (Å²) >= 11 is 0. The molecule has 1 saturated heterocycles. The van der Waals surface area contributed by atoms with E-state index >= 15 is 0 Å². The summed E-state index contributed by atoms with van der Waals surface area (Å²) in [6.45, 7) is 2.28. The van der Waals surface area contributed by atoms with E-state index < -0.39 is 0 Å². The van der Waals surface area contributed by atoms with Crippen molar-refractivity contribution >= 4 is 0 Å². The van der Waals surface area contributed by atoms with Crippen molar-refractivity contribution in [2.75, 3.05) is 0 Å². The molecular weight excluding hydrogens is 244 g/mol. The van der Waals surface area contributed by atoms with Crippen molar-refractivity contribution in [3.05, 3.63) is 60.2 Å². The van der Waals surface area contributed by atoms with Gasteiger partial charge in [-0.2, -0.15) is 0 Å². The van der Waals surface area contributed by atoms with Crippen LogP contribution in [0, 0.1) is 11.3 Å². The van der Waals surface area contributed by atoms with Gasteiger partial charge in [-0.3, -0.25) is 0 Å². The third-order valence-electron chi connectivity index (χ3n) is 5.42. The number of ether oxygens (including phenoxy) is 1. The van der Waals surface area contributed by atoms with Crippen molar-refractivity contribution in [3.8, 4) is 0 Å². The molecule has 1 heterocycles. The van der Waals surface area contributed by atoms with E-state index in [9.17, 15) is 0 Å². The van der Waals surface area contributed by atoms with Gasteiger partial charge in [0.25, 0.3) is 0 Å². The molecule has 4 atom stereocenters. The molecule has 0 radical (unpaired) electrons. The van der Waals surface area contributed by atoms with Crippen LogP contribution in [0.3, 0.4) is 0 Å². The van der Waals surface area contributed by atoms with Crippen LogP contribution in [0.1, 0.15) is 38.2 Å². The second-order valence-electron chi connectivity index (χ2n) is 6.55. The lowest BCUT2D eigenvalue weighted by molar-refractivity contribution is 0.142. The van der Waals surface area contributed by atoms with Gasteiger partial charge in [-0.05, 0) is 18.4 Å². The summed E-state index contributed by atoms with van der Waals surface area (Å²) < 4.78 is 6.37. The van der Waals surface area contributed by atoms with Crippen LogP contribution in [0.5, 0.6) is 0 Å². The van der Waals surface area contributed by atoms with E-state index in [1.807, 2.05) is 0 Å². The molecule has 20 heavy (non-hydrogen) atoms. The van der Waals surface area contributed by atoms with Crippen LogP contribution in [-0.2, 0) is 10.3 Å². The van der Waals surface area contributed by atoms with E-state index in [1.54, 1.807) is 0 Å². The first-order valence-electron chi connectivity index (χ1n) is 7.91. The fraction of sp³-hybridized carbons (Fsp3) is 0.474. The summed E-state index contributed by atoms with van der Waals surface area (Å²) in [5.41, 5.74) is 1.60. The zero-order valence-corrected chi connectivity index (χ0v) is 12.1. The highest BCUT2D eigenvalue weighted by Crippen LogP contribution is 2.70. The molecule has 2 aliphatic carbocycles. The minimum Gasteiger partial charge on any atom is -0.359 e. The van der Waals surface area contributed by atoms with Crippen LogP contribution in [-0.4, -0.2) is 6.10 Å². The van der Waals surface area contributed by atoms with Crippen LogP contribution >= 0.6 is 0 Å².